The van der Waals surface area contributed by atoms with Gasteiger partial charge in [0.2, 0.25) is 10.0 Å². The van der Waals surface area contributed by atoms with E-state index in [-0.39, 0.29) is 29.3 Å². The number of benzene rings is 3. The summed E-state index contributed by atoms with van der Waals surface area (Å²) in [5.74, 6) is -0.947. The molecule has 5 nitrogen and oxygen atoms in total. The molecule has 0 bridgehead atoms. The Morgan fingerprint density at radius 1 is 0.938 bits per heavy atom. The van der Waals surface area contributed by atoms with E-state index in [1.807, 2.05) is 18.2 Å². The van der Waals surface area contributed by atoms with Crippen LogP contribution in [-0.4, -0.2) is 37.0 Å². The van der Waals surface area contributed by atoms with Gasteiger partial charge in [-0.1, -0.05) is 18.2 Å². The van der Waals surface area contributed by atoms with Gasteiger partial charge in [-0.15, -0.1) is 0 Å². The maximum absolute atomic E-state index is 13.5. The van der Waals surface area contributed by atoms with Crippen LogP contribution in [-0.2, 0) is 10.0 Å². The summed E-state index contributed by atoms with van der Waals surface area (Å²) in [5.41, 5.74) is 3.24. The second-order valence-corrected chi connectivity index (χ2v) is 10.1. The Labute approximate surface area is 185 Å². The number of nitrogens with one attached hydrogen (secondary N) is 1. The number of hydrogen-bond donors (Lipinski definition) is 2. The number of fused-ring (bicyclic) bond motifs is 3. The fourth-order valence-electron chi connectivity index (χ4n) is 4.85. The van der Waals surface area contributed by atoms with Crippen molar-refractivity contribution in [1.82, 2.24) is 4.31 Å². The van der Waals surface area contributed by atoms with E-state index in [9.17, 15) is 22.3 Å². The minimum Gasteiger partial charge on any atom is -0.394 e. The van der Waals surface area contributed by atoms with Crippen LogP contribution < -0.4 is 5.32 Å². The number of aliphatic hydroxyl groups excluding tert-OH is 1. The van der Waals surface area contributed by atoms with Crippen LogP contribution in [0.1, 0.15) is 18.0 Å². The van der Waals surface area contributed by atoms with E-state index in [0.717, 1.165) is 34.5 Å². The van der Waals surface area contributed by atoms with Gasteiger partial charge in [-0.25, -0.2) is 17.2 Å². The van der Waals surface area contributed by atoms with E-state index in [4.69, 9.17) is 0 Å². The number of halogens is 2. The van der Waals surface area contributed by atoms with E-state index in [2.05, 4.69) is 5.32 Å². The third-order valence-corrected chi connectivity index (χ3v) is 8.32. The van der Waals surface area contributed by atoms with Gasteiger partial charge in [-0.05, 0) is 71.6 Å². The highest BCUT2D eigenvalue weighted by molar-refractivity contribution is 7.89. The van der Waals surface area contributed by atoms with Crippen LogP contribution in [0.3, 0.4) is 0 Å². The molecule has 0 saturated carbocycles. The molecule has 2 aliphatic rings. The van der Waals surface area contributed by atoms with Gasteiger partial charge >= 0.3 is 0 Å². The molecule has 166 valence electrons. The first-order chi connectivity index (χ1) is 15.4. The van der Waals surface area contributed by atoms with Crippen LogP contribution in [0.25, 0.3) is 11.1 Å². The molecule has 0 radical (unpaired) electrons. The van der Waals surface area contributed by atoms with Gasteiger partial charge in [0.25, 0.3) is 0 Å². The average Bonchev–Trinajstić information content (AvgIpc) is 3.26. The standard InChI is InChI=1S/C24H22F2N2O3S/c25-17-4-1-15(2-5-17)16-3-10-22-21(13-16)24-20(23(14-29)27-22)11-12-28(24)32(30,31)19-8-6-18(26)7-9-19/h1-10,13,20,23-24,27,29H,11-12,14H2/t20-,23+,24-/m1/s1. The van der Waals surface area contributed by atoms with Gasteiger partial charge < -0.3 is 10.4 Å². The maximum Gasteiger partial charge on any atom is 0.243 e. The minimum atomic E-state index is -3.88. The lowest BCUT2D eigenvalue weighted by molar-refractivity contribution is 0.210. The maximum atomic E-state index is 13.5. The summed E-state index contributed by atoms with van der Waals surface area (Å²) >= 11 is 0. The number of aliphatic hydroxyl groups is 1. The van der Waals surface area contributed by atoms with Crippen molar-refractivity contribution in [3.05, 3.63) is 83.9 Å². The zero-order valence-corrected chi connectivity index (χ0v) is 17.9. The van der Waals surface area contributed by atoms with Crippen LogP contribution in [0, 0.1) is 17.6 Å². The molecule has 32 heavy (non-hydrogen) atoms. The number of anilines is 1. The Morgan fingerprint density at radius 2 is 1.56 bits per heavy atom. The molecule has 3 aromatic rings. The normalized spacial score (nSPS) is 22.8. The number of sulfonamides is 1. The van der Waals surface area contributed by atoms with E-state index < -0.39 is 21.9 Å². The Balaban J connectivity index is 1.60. The van der Waals surface area contributed by atoms with E-state index in [1.54, 1.807) is 12.1 Å². The molecule has 5 rings (SSSR count). The van der Waals surface area contributed by atoms with Crippen molar-refractivity contribution in [3.8, 4) is 11.1 Å². The third-order valence-electron chi connectivity index (χ3n) is 6.42. The Hall–Kier alpha value is -2.81. The second-order valence-electron chi connectivity index (χ2n) is 8.21. The highest BCUT2D eigenvalue weighted by Gasteiger charge is 2.48. The smallest absolute Gasteiger partial charge is 0.243 e. The molecule has 2 heterocycles. The van der Waals surface area contributed by atoms with Crippen molar-refractivity contribution in [2.45, 2.75) is 23.4 Å². The number of rotatable bonds is 4. The first kappa shape index (κ1) is 21.1. The van der Waals surface area contributed by atoms with E-state index in [1.165, 1.54) is 28.6 Å². The zero-order valence-electron chi connectivity index (χ0n) is 17.1. The van der Waals surface area contributed by atoms with Crippen LogP contribution >= 0.6 is 0 Å². The molecular formula is C24H22F2N2O3S. The molecule has 2 aliphatic heterocycles. The summed E-state index contributed by atoms with van der Waals surface area (Å²) in [4.78, 5) is 0.0369. The summed E-state index contributed by atoms with van der Waals surface area (Å²) < 4.78 is 55.2. The van der Waals surface area contributed by atoms with Gasteiger partial charge in [0.15, 0.2) is 0 Å². The molecule has 3 atom stereocenters. The Morgan fingerprint density at radius 3 is 2.22 bits per heavy atom. The molecule has 0 aliphatic carbocycles. The van der Waals surface area contributed by atoms with Crippen LogP contribution in [0.5, 0.6) is 0 Å². The van der Waals surface area contributed by atoms with Crippen LogP contribution in [0.15, 0.2) is 71.6 Å². The summed E-state index contributed by atoms with van der Waals surface area (Å²) in [6.07, 6.45) is 0.587. The van der Waals surface area contributed by atoms with Crippen molar-refractivity contribution in [2.75, 3.05) is 18.5 Å². The second kappa shape index (κ2) is 7.95. The highest BCUT2D eigenvalue weighted by Crippen LogP contribution is 2.49. The van der Waals surface area contributed by atoms with Crippen LogP contribution in [0.4, 0.5) is 14.5 Å². The molecule has 1 fully saturated rings. The largest absolute Gasteiger partial charge is 0.394 e. The SMILES string of the molecule is O=S(=O)(c1ccc(F)cc1)N1CC[C@@H]2[C@H](CO)Nc3ccc(-c4ccc(F)cc4)cc3[C@@H]21. The van der Waals surface area contributed by atoms with Gasteiger partial charge in [-0.3, -0.25) is 0 Å². The Bertz CT molecular complexity index is 1250. The molecule has 1 saturated heterocycles. The topological polar surface area (TPSA) is 69.6 Å². The molecule has 2 N–H and O–H groups in total. The summed E-state index contributed by atoms with van der Waals surface area (Å²) in [5, 5.41) is 13.3. The first-order valence-corrected chi connectivity index (χ1v) is 11.9. The van der Waals surface area contributed by atoms with Crippen molar-refractivity contribution < 1.29 is 22.3 Å². The molecule has 3 aromatic carbocycles. The highest BCUT2D eigenvalue weighted by atomic mass is 32.2. The predicted octanol–water partition coefficient (Wildman–Crippen LogP) is 4.17. The van der Waals surface area contributed by atoms with Gasteiger partial charge in [0.1, 0.15) is 11.6 Å². The van der Waals surface area contributed by atoms with Crippen molar-refractivity contribution in [3.63, 3.8) is 0 Å². The quantitative estimate of drug-likeness (QED) is 0.618. The van der Waals surface area contributed by atoms with E-state index >= 15 is 0 Å². The average molecular weight is 457 g/mol. The molecular weight excluding hydrogens is 434 g/mol. The zero-order chi connectivity index (χ0) is 22.5. The summed E-state index contributed by atoms with van der Waals surface area (Å²) in [7, 11) is -3.88. The fraction of sp³-hybridized carbons (Fsp3) is 0.250. The van der Waals surface area contributed by atoms with Crippen molar-refractivity contribution in [2.24, 2.45) is 5.92 Å². The van der Waals surface area contributed by atoms with Crippen molar-refractivity contribution >= 4 is 15.7 Å². The summed E-state index contributed by atoms with van der Waals surface area (Å²) in [6, 6.07) is 15.9. The molecule has 0 amide bonds. The number of hydrogen-bond acceptors (Lipinski definition) is 4. The summed E-state index contributed by atoms with van der Waals surface area (Å²) in [6.45, 7) is 0.179. The first-order valence-electron chi connectivity index (χ1n) is 10.4. The Kier molecular flexibility index (Phi) is 5.23. The lowest BCUT2D eigenvalue weighted by atomic mass is 9.82. The molecule has 0 unspecified atom stereocenters. The van der Waals surface area contributed by atoms with Gasteiger partial charge in [0, 0.05) is 18.2 Å². The van der Waals surface area contributed by atoms with Gasteiger partial charge in [0.05, 0.1) is 23.6 Å². The molecule has 8 heteroatoms. The lowest BCUT2D eigenvalue weighted by Crippen LogP contribution is -2.42. The number of nitrogens with zero attached hydrogens (tertiary/aromatic N) is 1. The van der Waals surface area contributed by atoms with Gasteiger partial charge in [-0.2, -0.15) is 4.31 Å². The van der Waals surface area contributed by atoms with E-state index in [0.29, 0.717) is 13.0 Å². The fourth-order valence-corrected chi connectivity index (χ4v) is 6.52. The monoisotopic (exact) mass is 456 g/mol. The molecule has 0 spiro atoms. The lowest BCUT2D eigenvalue weighted by Gasteiger charge is -2.39. The minimum absolute atomic E-state index is 0.0369. The molecule has 0 aromatic heterocycles. The van der Waals surface area contributed by atoms with Crippen LogP contribution in [0.2, 0.25) is 0 Å². The van der Waals surface area contributed by atoms with Crippen molar-refractivity contribution in [1.29, 1.82) is 0 Å². The third kappa shape index (κ3) is 3.48. The predicted molar refractivity (Wildman–Crippen MR) is 117 cm³/mol.